The van der Waals surface area contributed by atoms with E-state index in [-0.39, 0.29) is 5.91 Å². The van der Waals surface area contributed by atoms with Gasteiger partial charge in [0, 0.05) is 44.1 Å². The molecule has 124 valence electrons. The predicted molar refractivity (Wildman–Crippen MR) is 90.6 cm³/mol. The van der Waals surface area contributed by atoms with E-state index in [9.17, 15) is 4.79 Å². The second-order valence-electron chi connectivity index (χ2n) is 6.70. The van der Waals surface area contributed by atoms with Crippen LogP contribution < -0.4 is 5.32 Å². The van der Waals surface area contributed by atoms with Crippen molar-refractivity contribution in [3.05, 3.63) is 30.4 Å². The summed E-state index contributed by atoms with van der Waals surface area (Å²) in [6.07, 6.45) is 15.9. The summed E-state index contributed by atoms with van der Waals surface area (Å²) >= 11 is 0. The van der Waals surface area contributed by atoms with E-state index < -0.39 is 0 Å². The number of aromatic nitrogens is 2. The van der Waals surface area contributed by atoms with Crippen LogP contribution >= 0.6 is 0 Å². The first kappa shape index (κ1) is 16.1. The Morgan fingerprint density at radius 1 is 1.22 bits per heavy atom. The Balaban J connectivity index is 1.38. The van der Waals surface area contributed by atoms with Crippen LogP contribution in [0.2, 0.25) is 0 Å². The normalized spacial score (nSPS) is 21.0. The van der Waals surface area contributed by atoms with Crippen molar-refractivity contribution in [1.82, 2.24) is 20.2 Å². The van der Waals surface area contributed by atoms with Crippen molar-refractivity contribution in [3.63, 3.8) is 0 Å². The largest absolute Gasteiger partial charge is 0.350 e. The Morgan fingerprint density at radius 2 is 2.00 bits per heavy atom. The molecule has 0 bridgehead atoms. The molecule has 1 aliphatic carbocycles. The fourth-order valence-electron chi connectivity index (χ4n) is 3.63. The SMILES string of the molecule is O=C(/C=C/c1cnccn1)NC1CCN(CC2CCCC2)CC1. The van der Waals surface area contributed by atoms with Crippen LogP contribution in [0.25, 0.3) is 6.08 Å². The van der Waals surface area contributed by atoms with Crippen LogP contribution in [-0.4, -0.2) is 46.5 Å². The van der Waals surface area contributed by atoms with Crippen LogP contribution in [0.5, 0.6) is 0 Å². The smallest absolute Gasteiger partial charge is 0.244 e. The molecule has 3 rings (SSSR count). The molecular formula is C18H26N4O. The topological polar surface area (TPSA) is 58.1 Å². The molecule has 0 spiro atoms. The Bertz CT molecular complexity index is 517. The Labute approximate surface area is 138 Å². The minimum atomic E-state index is -0.0371. The standard InChI is InChI=1S/C18H26N4O/c23-18(6-5-17-13-19-9-10-20-17)21-16-7-11-22(12-8-16)14-15-3-1-2-4-15/h5-6,9-10,13,15-16H,1-4,7-8,11-12,14H2,(H,21,23)/b6-5+. The van der Waals surface area contributed by atoms with Gasteiger partial charge in [0.15, 0.2) is 0 Å². The zero-order valence-electron chi connectivity index (χ0n) is 13.7. The zero-order chi connectivity index (χ0) is 15.9. The molecule has 5 nitrogen and oxygen atoms in total. The van der Waals surface area contributed by atoms with E-state index in [1.807, 2.05) is 0 Å². The minimum absolute atomic E-state index is 0.0371. The monoisotopic (exact) mass is 314 g/mol. The fraction of sp³-hybridized carbons (Fsp3) is 0.611. The molecule has 1 N–H and O–H groups in total. The Morgan fingerprint density at radius 3 is 2.70 bits per heavy atom. The van der Waals surface area contributed by atoms with Crippen molar-refractivity contribution >= 4 is 12.0 Å². The lowest BCUT2D eigenvalue weighted by Crippen LogP contribution is -2.45. The summed E-state index contributed by atoms with van der Waals surface area (Å²) in [5.41, 5.74) is 0.703. The minimum Gasteiger partial charge on any atom is -0.350 e. The van der Waals surface area contributed by atoms with E-state index in [2.05, 4.69) is 20.2 Å². The first-order valence-electron chi connectivity index (χ1n) is 8.76. The number of carbonyl (C=O) groups excluding carboxylic acids is 1. The maximum atomic E-state index is 12.0. The van der Waals surface area contributed by atoms with Crippen molar-refractivity contribution in [2.45, 2.75) is 44.6 Å². The van der Waals surface area contributed by atoms with Gasteiger partial charge < -0.3 is 10.2 Å². The van der Waals surface area contributed by atoms with Crippen molar-refractivity contribution in [1.29, 1.82) is 0 Å². The van der Waals surface area contributed by atoms with Crippen molar-refractivity contribution < 1.29 is 4.79 Å². The second-order valence-corrected chi connectivity index (χ2v) is 6.70. The van der Waals surface area contributed by atoms with Gasteiger partial charge in [-0.3, -0.25) is 14.8 Å². The molecule has 23 heavy (non-hydrogen) atoms. The first-order valence-corrected chi connectivity index (χ1v) is 8.76. The number of likely N-dealkylation sites (tertiary alicyclic amines) is 1. The third-order valence-corrected chi connectivity index (χ3v) is 4.91. The van der Waals surface area contributed by atoms with Crippen LogP contribution in [-0.2, 0) is 4.79 Å². The van der Waals surface area contributed by atoms with Gasteiger partial charge in [0.2, 0.25) is 5.91 Å². The summed E-state index contributed by atoms with van der Waals surface area (Å²) in [7, 11) is 0. The summed E-state index contributed by atoms with van der Waals surface area (Å²) in [6, 6.07) is 0.300. The maximum Gasteiger partial charge on any atom is 0.244 e. The number of nitrogens with one attached hydrogen (secondary N) is 1. The molecule has 1 aromatic heterocycles. The Hall–Kier alpha value is -1.75. The molecule has 0 unspecified atom stereocenters. The average Bonchev–Trinajstić information content (AvgIpc) is 3.09. The molecule has 2 aliphatic rings. The molecule has 1 saturated heterocycles. The quantitative estimate of drug-likeness (QED) is 0.847. The van der Waals surface area contributed by atoms with Crippen LogP contribution in [0.4, 0.5) is 0 Å². The van der Waals surface area contributed by atoms with Gasteiger partial charge in [0.25, 0.3) is 0 Å². The Kier molecular flexibility index (Phi) is 5.75. The van der Waals surface area contributed by atoms with Crippen molar-refractivity contribution in [2.75, 3.05) is 19.6 Å². The molecule has 0 atom stereocenters. The lowest BCUT2D eigenvalue weighted by molar-refractivity contribution is -0.117. The van der Waals surface area contributed by atoms with Gasteiger partial charge in [0.05, 0.1) is 11.9 Å². The molecule has 1 aliphatic heterocycles. The molecule has 1 saturated carbocycles. The second kappa shape index (κ2) is 8.20. The van der Waals surface area contributed by atoms with Gasteiger partial charge in [-0.1, -0.05) is 12.8 Å². The summed E-state index contributed by atoms with van der Waals surface area (Å²) in [5.74, 6) is 0.876. The number of hydrogen-bond acceptors (Lipinski definition) is 4. The number of rotatable bonds is 5. The van der Waals surface area contributed by atoms with Crippen LogP contribution in [0.15, 0.2) is 24.7 Å². The highest BCUT2D eigenvalue weighted by Crippen LogP contribution is 2.26. The summed E-state index contributed by atoms with van der Waals surface area (Å²) in [5, 5.41) is 3.10. The van der Waals surface area contributed by atoms with Gasteiger partial charge in [0.1, 0.15) is 0 Å². The van der Waals surface area contributed by atoms with Crippen LogP contribution in [0.3, 0.4) is 0 Å². The summed E-state index contributed by atoms with van der Waals surface area (Å²) in [6.45, 7) is 3.47. The van der Waals surface area contributed by atoms with Crippen molar-refractivity contribution in [2.24, 2.45) is 5.92 Å². The molecule has 1 aromatic rings. The van der Waals surface area contributed by atoms with Gasteiger partial charge in [-0.25, -0.2) is 0 Å². The number of piperidine rings is 1. The highest BCUT2D eigenvalue weighted by Gasteiger charge is 2.23. The van der Waals surface area contributed by atoms with Crippen molar-refractivity contribution in [3.8, 4) is 0 Å². The number of carbonyl (C=O) groups is 1. The first-order chi connectivity index (χ1) is 11.3. The number of amides is 1. The van der Waals surface area contributed by atoms with Crippen LogP contribution in [0, 0.1) is 5.92 Å². The van der Waals surface area contributed by atoms with Gasteiger partial charge in [-0.2, -0.15) is 0 Å². The van der Waals surface area contributed by atoms with Gasteiger partial charge >= 0.3 is 0 Å². The van der Waals surface area contributed by atoms with E-state index in [4.69, 9.17) is 0 Å². The summed E-state index contributed by atoms with van der Waals surface area (Å²) in [4.78, 5) is 22.7. The zero-order valence-corrected chi connectivity index (χ0v) is 13.7. The van der Waals surface area contributed by atoms with E-state index in [1.54, 1.807) is 30.7 Å². The van der Waals surface area contributed by atoms with E-state index >= 15 is 0 Å². The highest BCUT2D eigenvalue weighted by molar-refractivity contribution is 5.91. The van der Waals surface area contributed by atoms with Crippen LogP contribution in [0.1, 0.15) is 44.2 Å². The molecule has 1 amide bonds. The number of hydrogen-bond donors (Lipinski definition) is 1. The molecule has 5 heteroatoms. The molecule has 0 aromatic carbocycles. The molecular weight excluding hydrogens is 288 g/mol. The highest BCUT2D eigenvalue weighted by atomic mass is 16.1. The van der Waals surface area contributed by atoms with Gasteiger partial charge in [-0.15, -0.1) is 0 Å². The lowest BCUT2D eigenvalue weighted by atomic mass is 10.0. The molecule has 2 fully saturated rings. The average molecular weight is 314 g/mol. The molecule has 0 radical (unpaired) electrons. The number of nitrogens with zero attached hydrogens (tertiary/aromatic N) is 3. The lowest BCUT2D eigenvalue weighted by Gasteiger charge is -2.33. The predicted octanol–water partition coefficient (Wildman–Crippen LogP) is 2.26. The van der Waals surface area contributed by atoms with Gasteiger partial charge in [-0.05, 0) is 37.7 Å². The third-order valence-electron chi connectivity index (χ3n) is 4.91. The summed E-state index contributed by atoms with van der Waals surface area (Å²) < 4.78 is 0. The van der Waals surface area contributed by atoms with E-state index in [0.717, 1.165) is 31.8 Å². The third kappa shape index (κ3) is 5.13. The van der Waals surface area contributed by atoms with E-state index in [0.29, 0.717) is 11.7 Å². The molecule has 2 heterocycles. The van der Waals surface area contributed by atoms with E-state index in [1.165, 1.54) is 32.2 Å². The fourth-order valence-corrected chi connectivity index (χ4v) is 3.63. The maximum absolute atomic E-state index is 12.0.